The van der Waals surface area contributed by atoms with Gasteiger partial charge < -0.3 is 33.2 Å². The fraction of sp³-hybridized carbons (Fsp3) is 0.575. The highest BCUT2D eigenvalue weighted by Gasteiger charge is 2.35. The van der Waals surface area contributed by atoms with Gasteiger partial charge in [0, 0.05) is 5.56 Å². The number of esters is 2. The number of Topliss-reactive ketones (excluding diaryl/α,β-unsaturated/α-hetero) is 1. The molecule has 276 valence electrons. The summed E-state index contributed by atoms with van der Waals surface area (Å²) in [4.78, 5) is 37.0. The molecule has 0 saturated carbocycles. The number of allylic oxidation sites excluding steroid dienone is 2. The van der Waals surface area contributed by atoms with Gasteiger partial charge in [0.2, 0.25) is 0 Å². The molecule has 0 aliphatic carbocycles. The van der Waals surface area contributed by atoms with E-state index in [1.165, 1.54) is 19.8 Å². The average Bonchev–Trinajstić information content (AvgIpc) is 3.07. The first-order valence-electron chi connectivity index (χ1n) is 17.2. The Kier molecular flexibility index (Phi) is 14.5. The van der Waals surface area contributed by atoms with Crippen LogP contribution in [0, 0.1) is 13.8 Å². The first-order chi connectivity index (χ1) is 23.6. The first-order valence-corrected chi connectivity index (χ1v) is 17.2. The van der Waals surface area contributed by atoms with E-state index in [9.17, 15) is 14.4 Å². The summed E-state index contributed by atoms with van der Waals surface area (Å²) < 4.78 is 39.3. The number of fused-ring (bicyclic) bond motifs is 1. The van der Waals surface area contributed by atoms with E-state index in [-0.39, 0.29) is 31.4 Å². The highest BCUT2D eigenvalue weighted by Crippen LogP contribution is 2.45. The average molecular weight is 697 g/mol. The van der Waals surface area contributed by atoms with Crippen LogP contribution in [0.5, 0.6) is 17.2 Å². The number of benzene rings is 2. The summed E-state index contributed by atoms with van der Waals surface area (Å²) in [6.45, 7) is 13.7. The lowest BCUT2D eigenvalue weighted by molar-refractivity contribution is -0.152. The van der Waals surface area contributed by atoms with Crippen molar-refractivity contribution in [3.05, 3.63) is 63.2 Å². The fourth-order valence-electron chi connectivity index (χ4n) is 6.25. The van der Waals surface area contributed by atoms with Gasteiger partial charge in [-0.1, -0.05) is 23.8 Å². The van der Waals surface area contributed by atoms with E-state index in [0.29, 0.717) is 36.3 Å². The Balaban J connectivity index is 1.82. The van der Waals surface area contributed by atoms with E-state index in [2.05, 4.69) is 17.7 Å². The SMILES string of the molecule is COC(=O)COC(C)(C)CCC/C(C)=C/Cc1c(C2CC(=O)c3c(cc(C)c(CCC(C)(C)OCC(=O)OC)c3OC)O2)ccc(C)c1OC. The van der Waals surface area contributed by atoms with Crippen molar-refractivity contribution < 1.29 is 47.5 Å². The minimum atomic E-state index is -0.600. The number of rotatable bonds is 18. The Hall–Kier alpha value is -3.89. The highest BCUT2D eigenvalue weighted by molar-refractivity contribution is 6.03. The third-order valence-corrected chi connectivity index (χ3v) is 9.34. The minimum Gasteiger partial charge on any atom is -0.496 e. The van der Waals surface area contributed by atoms with Crippen LogP contribution in [0.15, 0.2) is 29.8 Å². The molecule has 0 aromatic heterocycles. The van der Waals surface area contributed by atoms with E-state index in [1.807, 2.05) is 59.7 Å². The molecular weight excluding hydrogens is 640 g/mol. The van der Waals surface area contributed by atoms with Crippen molar-refractivity contribution in [2.75, 3.05) is 41.7 Å². The number of methoxy groups -OCH3 is 4. The van der Waals surface area contributed by atoms with Crippen molar-refractivity contribution in [1.29, 1.82) is 0 Å². The second-order valence-corrected chi connectivity index (χ2v) is 14.2. The van der Waals surface area contributed by atoms with Crippen molar-refractivity contribution in [2.24, 2.45) is 0 Å². The molecule has 10 nitrogen and oxygen atoms in total. The molecule has 10 heteroatoms. The van der Waals surface area contributed by atoms with Gasteiger partial charge in [-0.25, -0.2) is 9.59 Å². The molecular formula is C40H56O10. The lowest BCUT2D eigenvalue weighted by Gasteiger charge is -2.31. The summed E-state index contributed by atoms with van der Waals surface area (Å²) in [6.07, 6.45) is 6.21. The molecule has 0 amide bonds. The van der Waals surface area contributed by atoms with E-state index < -0.39 is 23.3 Å². The zero-order valence-electron chi connectivity index (χ0n) is 31.8. The van der Waals surface area contributed by atoms with Gasteiger partial charge in [-0.05, 0) is 115 Å². The maximum Gasteiger partial charge on any atom is 0.331 e. The quantitative estimate of drug-likeness (QED) is 0.114. The van der Waals surface area contributed by atoms with Gasteiger partial charge in [0.15, 0.2) is 5.78 Å². The predicted molar refractivity (Wildman–Crippen MR) is 192 cm³/mol. The monoisotopic (exact) mass is 696 g/mol. The van der Waals surface area contributed by atoms with E-state index in [0.717, 1.165) is 52.8 Å². The molecule has 3 rings (SSSR count). The Morgan fingerprint density at radius 2 is 1.46 bits per heavy atom. The maximum absolute atomic E-state index is 13.9. The second-order valence-electron chi connectivity index (χ2n) is 14.2. The molecule has 1 aliphatic heterocycles. The number of aryl methyl sites for hydroxylation is 2. The topological polar surface area (TPSA) is 116 Å². The van der Waals surface area contributed by atoms with Gasteiger partial charge in [0.1, 0.15) is 42.1 Å². The number of hydrogen-bond acceptors (Lipinski definition) is 10. The third kappa shape index (κ3) is 10.8. The third-order valence-electron chi connectivity index (χ3n) is 9.34. The van der Waals surface area contributed by atoms with Gasteiger partial charge >= 0.3 is 11.9 Å². The zero-order chi connectivity index (χ0) is 37.2. The molecule has 1 heterocycles. The molecule has 0 bridgehead atoms. The molecule has 2 aromatic rings. The Morgan fingerprint density at radius 1 is 0.860 bits per heavy atom. The summed E-state index contributed by atoms with van der Waals surface area (Å²) in [5, 5.41) is 0. The molecule has 0 saturated heterocycles. The van der Waals surface area contributed by atoms with Crippen molar-refractivity contribution >= 4 is 17.7 Å². The van der Waals surface area contributed by atoms with Gasteiger partial charge in [0.05, 0.1) is 46.1 Å². The molecule has 0 fully saturated rings. The zero-order valence-corrected chi connectivity index (χ0v) is 31.8. The standard InChI is InChI=1S/C40H56O10/c1-25(13-12-19-39(4,5)48-23-34(42)44-8)14-16-30-29(17-15-26(2)37(30)46-10)32-22-31(41)36-33(50-32)21-27(3)28(38(36)47-11)18-20-40(6,7)49-24-35(43)45-9/h14-15,17,21,32H,12-13,16,18-20,22-24H2,1-11H3/b25-14+. The number of ether oxygens (including phenoxy) is 7. The van der Waals surface area contributed by atoms with Gasteiger partial charge in [0.25, 0.3) is 0 Å². The largest absolute Gasteiger partial charge is 0.496 e. The number of carbonyl (C=O) groups is 3. The minimum absolute atomic E-state index is 0.0511. The van der Waals surface area contributed by atoms with Crippen LogP contribution >= 0.6 is 0 Å². The number of carbonyl (C=O) groups excluding carboxylic acids is 3. The maximum atomic E-state index is 13.9. The number of hydrogen-bond donors (Lipinski definition) is 0. The molecule has 50 heavy (non-hydrogen) atoms. The van der Waals surface area contributed by atoms with Crippen LogP contribution in [0.25, 0.3) is 0 Å². The van der Waals surface area contributed by atoms with Crippen LogP contribution in [0.2, 0.25) is 0 Å². The fourth-order valence-corrected chi connectivity index (χ4v) is 6.25. The molecule has 0 N–H and O–H groups in total. The smallest absolute Gasteiger partial charge is 0.331 e. The van der Waals surface area contributed by atoms with Crippen molar-refractivity contribution in [3.8, 4) is 17.2 Å². The predicted octanol–water partition coefficient (Wildman–Crippen LogP) is 7.56. The summed E-state index contributed by atoms with van der Waals surface area (Å²) in [7, 11) is 5.93. The van der Waals surface area contributed by atoms with Crippen molar-refractivity contribution in [1.82, 2.24) is 0 Å². The molecule has 2 aromatic carbocycles. The number of ketones is 1. The second kappa shape index (κ2) is 17.9. The molecule has 0 radical (unpaired) electrons. The van der Waals surface area contributed by atoms with E-state index >= 15 is 0 Å². The van der Waals surface area contributed by atoms with Crippen LogP contribution in [-0.4, -0.2) is 70.6 Å². The van der Waals surface area contributed by atoms with Gasteiger partial charge in [-0.3, -0.25) is 4.79 Å². The van der Waals surface area contributed by atoms with Crippen molar-refractivity contribution in [2.45, 2.75) is 111 Å². The van der Waals surface area contributed by atoms with E-state index in [1.54, 1.807) is 14.2 Å². The Labute approximate surface area is 297 Å². The van der Waals surface area contributed by atoms with Crippen LogP contribution in [0.4, 0.5) is 0 Å². The Bertz CT molecular complexity index is 1550. The van der Waals surface area contributed by atoms with Crippen molar-refractivity contribution in [3.63, 3.8) is 0 Å². The first kappa shape index (κ1) is 40.5. The van der Waals surface area contributed by atoms with E-state index in [4.69, 9.17) is 28.4 Å². The van der Waals surface area contributed by atoms with Crippen LogP contribution in [-0.2, 0) is 41.4 Å². The summed E-state index contributed by atoms with van der Waals surface area (Å²) in [5.74, 6) is 0.935. The molecule has 1 unspecified atom stereocenters. The van der Waals surface area contributed by atoms with Crippen LogP contribution in [0.1, 0.15) is 111 Å². The molecule has 0 spiro atoms. The molecule has 1 aliphatic rings. The lowest BCUT2D eigenvalue weighted by atomic mass is 9.87. The summed E-state index contributed by atoms with van der Waals surface area (Å²) in [5.41, 5.74) is 5.39. The molecule has 1 atom stereocenters. The van der Waals surface area contributed by atoms with Gasteiger partial charge in [-0.2, -0.15) is 0 Å². The lowest BCUT2D eigenvalue weighted by Crippen LogP contribution is -2.29. The Morgan fingerprint density at radius 3 is 2.04 bits per heavy atom. The summed E-state index contributed by atoms with van der Waals surface area (Å²) in [6, 6.07) is 5.97. The normalized spacial score (nSPS) is 14.9. The van der Waals surface area contributed by atoms with Crippen LogP contribution in [0.3, 0.4) is 0 Å². The van der Waals surface area contributed by atoms with Gasteiger partial charge in [-0.15, -0.1) is 0 Å². The highest BCUT2D eigenvalue weighted by atomic mass is 16.6. The summed E-state index contributed by atoms with van der Waals surface area (Å²) >= 11 is 0. The van der Waals surface area contributed by atoms with Crippen LogP contribution < -0.4 is 14.2 Å².